The number of carbonyl (C=O) groups is 1. The summed E-state index contributed by atoms with van der Waals surface area (Å²) in [6, 6.07) is 9.06. The van der Waals surface area contributed by atoms with E-state index in [2.05, 4.69) is 15.1 Å². The number of hydrogen-bond donors (Lipinski definition) is 0. The van der Waals surface area contributed by atoms with Crippen LogP contribution in [0.2, 0.25) is 0 Å². The van der Waals surface area contributed by atoms with Gasteiger partial charge in [0.25, 0.3) is 11.7 Å². The standard InChI is InChI=1S/C18H19N5O2/c1-2-14-11-16(23-18(21-14)19-12-20-23)25-15-7-5-13(6-8-15)17(24)22-9-3-4-10-22/h5-8,11-12H,2-4,9-10H2,1H3. The predicted octanol–water partition coefficient (Wildman–Crippen LogP) is 2.72. The lowest BCUT2D eigenvalue weighted by Crippen LogP contribution is -2.27. The maximum absolute atomic E-state index is 12.4. The Bertz CT molecular complexity index is 897. The van der Waals surface area contributed by atoms with Gasteiger partial charge in [0.05, 0.1) is 0 Å². The quantitative estimate of drug-likeness (QED) is 0.732. The first-order valence-electron chi connectivity index (χ1n) is 8.51. The highest BCUT2D eigenvalue weighted by molar-refractivity contribution is 5.94. The molecule has 1 amide bonds. The number of ether oxygens (including phenoxy) is 1. The van der Waals surface area contributed by atoms with Crippen LogP contribution in [0.4, 0.5) is 0 Å². The summed E-state index contributed by atoms with van der Waals surface area (Å²) in [4.78, 5) is 22.8. The zero-order valence-corrected chi connectivity index (χ0v) is 14.1. The number of benzene rings is 1. The highest BCUT2D eigenvalue weighted by atomic mass is 16.5. The average molecular weight is 337 g/mol. The lowest BCUT2D eigenvalue weighted by Gasteiger charge is -2.15. The molecule has 128 valence electrons. The van der Waals surface area contributed by atoms with E-state index >= 15 is 0 Å². The van der Waals surface area contributed by atoms with Crippen molar-refractivity contribution in [2.75, 3.05) is 13.1 Å². The second-order valence-corrected chi connectivity index (χ2v) is 6.04. The van der Waals surface area contributed by atoms with Crippen molar-refractivity contribution in [3.8, 4) is 11.6 Å². The third kappa shape index (κ3) is 3.05. The number of likely N-dealkylation sites (tertiary alicyclic amines) is 1. The number of amides is 1. The summed E-state index contributed by atoms with van der Waals surface area (Å²) >= 11 is 0. The van der Waals surface area contributed by atoms with Gasteiger partial charge in [-0.1, -0.05) is 6.92 Å². The van der Waals surface area contributed by atoms with E-state index in [1.165, 1.54) is 6.33 Å². The van der Waals surface area contributed by atoms with Crippen molar-refractivity contribution in [1.29, 1.82) is 0 Å². The largest absolute Gasteiger partial charge is 0.439 e. The fourth-order valence-electron chi connectivity index (χ4n) is 2.97. The second-order valence-electron chi connectivity index (χ2n) is 6.04. The van der Waals surface area contributed by atoms with Gasteiger partial charge in [-0.2, -0.15) is 14.6 Å². The number of aromatic nitrogens is 4. The van der Waals surface area contributed by atoms with Gasteiger partial charge in [0.15, 0.2) is 0 Å². The van der Waals surface area contributed by atoms with Gasteiger partial charge in [-0.25, -0.2) is 4.98 Å². The van der Waals surface area contributed by atoms with Crippen LogP contribution in [-0.2, 0) is 6.42 Å². The molecule has 0 saturated carbocycles. The Morgan fingerprint density at radius 1 is 1.20 bits per heavy atom. The zero-order chi connectivity index (χ0) is 17.2. The molecule has 1 aromatic carbocycles. The molecular weight excluding hydrogens is 318 g/mol. The van der Waals surface area contributed by atoms with Crippen LogP contribution in [-0.4, -0.2) is 43.5 Å². The summed E-state index contributed by atoms with van der Waals surface area (Å²) in [6.45, 7) is 3.72. The molecule has 7 heteroatoms. The monoisotopic (exact) mass is 337 g/mol. The Kier molecular flexibility index (Phi) is 4.05. The zero-order valence-electron chi connectivity index (χ0n) is 14.1. The molecule has 0 atom stereocenters. The minimum atomic E-state index is 0.0832. The molecule has 4 rings (SSSR count). The van der Waals surface area contributed by atoms with Gasteiger partial charge in [-0.15, -0.1) is 0 Å². The van der Waals surface area contributed by atoms with E-state index in [1.807, 2.05) is 17.9 Å². The summed E-state index contributed by atoms with van der Waals surface area (Å²) in [5.41, 5.74) is 1.57. The van der Waals surface area contributed by atoms with Crippen LogP contribution < -0.4 is 4.74 Å². The van der Waals surface area contributed by atoms with Crippen molar-refractivity contribution in [2.24, 2.45) is 0 Å². The fourth-order valence-corrected chi connectivity index (χ4v) is 2.97. The molecule has 1 aliphatic rings. The van der Waals surface area contributed by atoms with Gasteiger partial charge >= 0.3 is 0 Å². The molecule has 1 aliphatic heterocycles. The Morgan fingerprint density at radius 3 is 2.68 bits per heavy atom. The summed E-state index contributed by atoms with van der Waals surface area (Å²) < 4.78 is 7.51. The molecule has 3 aromatic rings. The van der Waals surface area contributed by atoms with Gasteiger partial charge in [-0.05, 0) is 43.5 Å². The summed E-state index contributed by atoms with van der Waals surface area (Å²) in [6.07, 6.45) is 4.40. The van der Waals surface area contributed by atoms with Crippen molar-refractivity contribution in [3.05, 3.63) is 47.9 Å². The number of nitrogens with zero attached hydrogens (tertiary/aromatic N) is 5. The minimum absolute atomic E-state index is 0.0832. The van der Waals surface area contributed by atoms with Crippen molar-refractivity contribution in [1.82, 2.24) is 24.5 Å². The molecule has 3 heterocycles. The maximum atomic E-state index is 12.4. The van der Waals surface area contributed by atoms with Gasteiger partial charge < -0.3 is 9.64 Å². The van der Waals surface area contributed by atoms with Crippen molar-refractivity contribution < 1.29 is 9.53 Å². The molecule has 0 unspecified atom stereocenters. The third-order valence-electron chi connectivity index (χ3n) is 4.35. The number of rotatable bonds is 4. The van der Waals surface area contributed by atoms with Crippen LogP contribution in [0.15, 0.2) is 36.7 Å². The van der Waals surface area contributed by atoms with Crippen LogP contribution in [0.25, 0.3) is 5.78 Å². The smallest absolute Gasteiger partial charge is 0.255 e. The molecule has 0 aliphatic carbocycles. The van der Waals surface area contributed by atoms with E-state index in [0.29, 0.717) is 23.0 Å². The van der Waals surface area contributed by atoms with E-state index in [-0.39, 0.29) is 5.91 Å². The highest BCUT2D eigenvalue weighted by Gasteiger charge is 2.19. The van der Waals surface area contributed by atoms with E-state index in [4.69, 9.17) is 4.74 Å². The summed E-state index contributed by atoms with van der Waals surface area (Å²) in [7, 11) is 0. The lowest BCUT2D eigenvalue weighted by atomic mass is 10.2. The topological polar surface area (TPSA) is 72.6 Å². The summed E-state index contributed by atoms with van der Waals surface area (Å²) in [5.74, 6) is 1.79. The molecule has 0 N–H and O–H groups in total. The molecule has 25 heavy (non-hydrogen) atoms. The van der Waals surface area contributed by atoms with Crippen molar-refractivity contribution >= 4 is 11.7 Å². The van der Waals surface area contributed by atoms with Gasteiger partial charge in [0.2, 0.25) is 5.88 Å². The first-order valence-corrected chi connectivity index (χ1v) is 8.51. The van der Waals surface area contributed by atoms with E-state index < -0.39 is 0 Å². The average Bonchev–Trinajstić information content (AvgIpc) is 3.33. The first-order chi connectivity index (χ1) is 12.2. The van der Waals surface area contributed by atoms with Crippen LogP contribution in [0.3, 0.4) is 0 Å². The van der Waals surface area contributed by atoms with Crippen LogP contribution in [0.1, 0.15) is 35.8 Å². The van der Waals surface area contributed by atoms with Crippen LogP contribution in [0.5, 0.6) is 11.6 Å². The Morgan fingerprint density at radius 2 is 1.96 bits per heavy atom. The highest BCUT2D eigenvalue weighted by Crippen LogP contribution is 2.23. The molecule has 2 aromatic heterocycles. The Balaban J connectivity index is 1.57. The lowest BCUT2D eigenvalue weighted by molar-refractivity contribution is 0.0793. The van der Waals surface area contributed by atoms with Crippen LogP contribution >= 0.6 is 0 Å². The SMILES string of the molecule is CCc1cc(Oc2ccc(C(=O)N3CCCC3)cc2)n2ncnc2n1. The van der Waals surface area contributed by atoms with Gasteiger partial charge in [-0.3, -0.25) is 4.79 Å². The van der Waals surface area contributed by atoms with Crippen LogP contribution in [0, 0.1) is 0 Å². The van der Waals surface area contributed by atoms with E-state index in [0.717, 1.165) is 38.0 Å². The number of carbonyl (C=O) groups excluding carboxylic acids is 1. The molecule has 0 bridgehead atoms. The maximum Gasteiger partial charge on any atom is 0.255 e. The van der Waals surface area contributed by atoms with E-state index in [1.54, 1.807) is 28.8 Å². The normalized spacial score (nSPS) is 14.2. The van der Waals surface area contributed by atoms with E-state index in [9.17, 15) is 4.79 Å². The Hall–Kier alpha value is -2.96. The van der Waals surface area contributed by atoms with Gasteiger partial charge in [0, 0.05) is 30.4 Å². The summed E-state index contributed by atoms with van der Waals surface area (Å²) in [5, 5.41) is 4.15. The van der Waals surface area contributed by atoms with Gasteiger partial charge in [0.1, 0.15) is 12.1 Å². The number of fused-ring (bicyclic) bond motifs is 1. The number of aryl methyl sites for hydroxylation is 1. The molecule has 7 nitrogen and oxygen atoms in total. The molecule has 0 radical (unpaired) electrons. The third-order valence-corrected chi connectivity index (χ3v) is 4.35. The first kappa shape index (κ1) is 15.6. The second kappa shape index (κ2) is 6.51. The minimum Gasteiger partial charge on any atom is -0.439 e. The number of hydrogen-bond acceptors (Lipinski definition) is 5. The van der Waals surface area contributed by atoms with Crippen molar-refractivity contribution in [3.63, 3.8) is 0 Å². The molecular formula is C18H19N5O2. The molecule has 1 saturated heterocycles. The Labute approximate surface area is 145 Å². The fraction of sp³-hybridized carbons (Fsp3) is 0.333. The molecule has 0 spiro atoms. The molecule has 1 fully saturated rings. The predicted molar refractivity (Wildman–Crippen MR) is 91.8 cm³/mol. The van der Waals surface area contributed by atoms with Crippen molar-refractivity contribution in [2.45, 2.75) is 26.2 Å².